The van der Waals surface area contributed by atoms with Crippen LogP contribution in [0.1, 0.15) is 17.4 Å². The van der Waals surface area contributed by atoms with Crippen molar-refractivity contribution in [3.05, 3.63) is 24.0 Å². The lowest BCUT2D eigenvalue weighted by Crippen LogP contribution is -2.51. The maximum absolute atomic E-state index is 12.1. The molecule has 2 heterocycles. The largest absolute Gasteiger partial charge is 0.477 e. The van der Waals surface area contributed by atoms with Gasteiger partial charge >= 0.3 is 12.0 Å². The number of anilines is 1. The van der Waals surface area contributed by atoms with Crippen LogP contribution in [-0.4, -0.2) is 64.0 Å². The number of carboxylic acids is 1. The second kappa shape index (κ2) is 6.51. The molecule has 1 saturated heterocycles. The summed E-state index contributed by atoms with van der Waals surface area (Å²) in [6.45, 7) is 2.39. The van der Waals surface area contributed by atoms with Crippen LogP contribution in [0.25, 0.3) is 0 Å². The Morgan fingerprint density at radius 1 is 1.48 bits per heavy atom. The topological polar surface area (TPSA) is 112 Å². The van der Waals surface area contributed by atoms with E-state index >= 15 is 0 Å². The fraction of sp³-hybridized carbons (Fsp3) is 0.462. The van der Waals surface area contributed by atoms with Crippen LogP contribution in [0.3, 0.4) is 0 Å². The van der Waals surface area contributed by atoms with Gasteiger partial charge in [-0.1, -0.05) is 0 Å². The first-order chi connectivity index (χ1) is 9.99. The van der Waals surface area contributed by atoms with E-state index in [0.29, 0.717) is 18.8 Å². The minimum Gasteiger partial charge on any atom is -0.477 e. The van der Waals surface area contributed by atoms with Gasteiger partial charge in [0.15, 0.2) is 0 Å². The molecule has 1 aliphatic rings. The molecule has 114 valence electrons. The third-order valence-electron chi connectivity index (χ3n) is 3.05. The van der Waals surface area contributed by atoms with Crippen molar-refractivity contribution in [2.24, 2.45) is 0 Å². The first-order valence-electron chi connectivity index (χ1n) is 6.51. The molecule has 0 aromatic carbocycles. The van der Waals surface area contributed by atoms with E-state index < -0.39 is 12.1 Å². The summed E-state index contributed by atoms with van der Waals surface area (Å²) < 4.78 is 5.46. The molecule has 2 amide bonds. The Balaban J connectivity index is 1.98. The van der Waals surface area contributed by atoms with E-state index in [1.54, 1.807) is 4.90 Å². The van der Waals surface area contributed by atoms with Crippen LogP contribution in [0.4, 0.5) is 10.5 Å². The highest BCUT2D eigenvalue weighted by atomic mass is 16.5. The summed E-state index contributed by atoms with van der Waals surface area (Å²) in [6.07, 6.45) is 0.732. The number of urea groups is 1. The van der Waals surface area contributed by atoms with E-state index in [2.05, 4.69) is 10.3 Å². The SMILES string of the molecule is CC1CN(C(=O)Nc2ccc(C(=O)O)nc2)CC(CO)O1. The van der Waals surface area contributed by atoms with Crippen molar-refractivity contribution in [1.29, 1.82) is 0 Å². The number of carboxylic acid groups (broad SMARTS) is 1. The zero-order valence-electron chi connectivity index (χ0n) is 11.5. The minimum absolute atomic E-state index is 0.0895. The van der Waals surface area contributed by atoms with E-state index in [1.165, 1.54) is 18.3 Å². The third-order valence-corrected chi connectivity index (χ3v) is 3.05. The van der Waals surface area contributed by atoms with Crippen LogP contribution in [0.2, 0.25) is 0 Å². The molecule has 2 rings (SSSR count). The fourth-order valence-corrected chi connectivity index (χ4v) is 2.11. The van der Waals surface area contributed by atoms with E-state index in [4.69, 9.17) is 14.9 Å². The van der Waals surface area contributed by atoms with Crippen LogP contribution in [0.15, 0.2) is 18.3 Å². The average Bonchev–Trinajstić information content (AvgIpc) is 2.47. The number of aromatic nitrogens is 1. The monoisotopic (exact) mass is 295 g/mol. The molecule has 0 saturated carbocycles. The normalized spacial score (nSPS) is 21.9. The Morgan fingerprint density at radius 3 is 2.81 bits per heavy atom. The van der Waals surface area contributed by atoms with Crippen LogP contribution in [-0.2, 0) is 4.74 Å². The van der Waals surface area contributed by atoms with Crippen LogP contribution >= 0.6 is 0 Å². The number of pyridine rings is 1. The lowest BCUT2D eigenvalue weighted by Gasteiger charge is -2.35. The van der Waals surface area contributed by atoms with Crippen LogP contribution in [0.5, 0.6) is 0 Å². The Hall–Kier alpha value is -2.19. The number of hydrogen-bond donors (Lipinski definition) is 3. The Bertz CT molecular complexity index is 519. The summed E-state index contributed by atoms with van der Waals surface area (Å²) in [5, 5.41) is 20.5. The van der Waals surface area contributed by atoms with Gasteiger partial charge in [-0.15, -0.1) is 0 Å². The molecule has 1 aromatic rings. The van der Waals surface area contributed by atoms with Crippen LogP contribution < -0.4 is 5.32 Å². The summed E-state index contributed by atoms with van der Waals surface area (Å²) >= 11 is 0. The number of rotatable bonds is 3. The van der Waals surface area contributed by atoms with Crippen molar-refractivity contribution in [2.45, 2.75) is 19.1 Å². The molecule has 1 fully saturated rings. The summed E-state index contributed by atoms with van der Waals surface area (Å²) in [7, 11) is 0. The lowest BCUT2D eigenvalue weighted by atomic mass is 10.2. The molecule has 21 heavy (non-hydrogen) atoms. The second-order valence-electron chi connectivity index (χ2n) is 4.82. The lowest BCUT2D eigenvalue weighted by molar-refractivity contribution is -0.0822. The first-order valence-corrected chi connectivity index (χ1v) is 6.51. The summed E-state index contributed by atoms with van der Waals surface area (Å²) in [5.74, 6) is -1.12. The fourth-order valence-electron chi connectivity index (χ4n) is 2.11. The maximum Gasteiger partial charge on any atom is 0.354 e. The smallest absolute Gasteiger partial charge is 0.354 e. The number of ether oxygens (including phenoxy) is 1. The zero-order chi connectivity index (χ0) is 15.4. The Kier molecular flexibility index (Phi) is 4.71. The van der Waals surface area contributed by atoms with Crippen molar-refractivity contribution in [2.75, 3.05) is 25.0 Å². The van der Waals surface area contributed by atoms with Gasteiger partial charge in [-0.05, 0) is 19.1 Å². The number of nitrogens with zero attached hydrogens (tertiary/aromatic N) is 2. The molecule has 3 N–H and O–H groups in total. The molecule has 0 spiro atoms. The van der Waals surface area contributed by atoms with E-state index in [-0.39, 0.29) is 24.4 Å². The van der Waals surface area contributed by atoms with Crippen molar-refractivity contribution in [3.63, 3.8) is 0 Å². The van der Waals surface area contributed by atoms with Gasteiger partial charge in [-0.25, -0.2) is 14.6 Å². The average molecular weight is 295 g/mol. The zero-order valence-corrected chi connectivity index (χ0v) is 11.5. The third kappa shape index (κ3) is 3.89. The van der Waals surface area contributed by atoms with Gasteiger partial charge in [0.2, 0.25) is 0 Å². The molecule has 8 nitrogen and oxygen atoms in total. The number of carbonyl (C=O) groups excluding carboxylic acids is 1. The molecule has 8 heteroatoms. The van der Waals surface area contributed by atoms with Crippen molar-refractivity contribution in [3.8, 4) is 0 Å². The maximum atomic E-state index is 12.1. The number of aliphatic hydroxyl groups is 1. The van der Waals surface area contributed by atoms with E-state index in [1.807, 2.05) is 6.92 Å². The summed E-state index contributed by atoms with van der Waals surface area (Å²) in [5.41, 5.74) is 0.318. The molecular formula is C13H17N3O5. The second-order valence-corrected chi connectivity index (χ2v) is 4.82. The number of aromatic carboxylic acids is 1. The number of hydrogen-bond acceptors (Lipinski definition) is 5. The highest BCUT2D eigenvalue weighted by Crippen LogP contribution is 2.13. The van der Waals surface area contributed by atoms with Gasteiger partial charge < -0.3 is 25.2 Å². The molecule has 2 unspecified atom stereocenters. The van der Waals surface area contributed by atoms with Gasteiger partial charge in [0.25, 0.3) is 0 Å². The van der Waals surface area contributed by atoms with Gasteiger partial charge in [0.05, 0.1) is 37.2 Å². The number of aliphatic hydroxyl groups excluding tert-OH is 1. The van der Waals surface area contributed by atoms with Crippen molar-refractivity contribution in [1.82, 2.24) is 9.88 Å². The van der Waals surface area contributed by atoms with Gasteiger partial charge in [-0.3, -0.25) is 0 Å². The van der Waals surface area contributed by atoms with Gasteiger partial charge in [0, 0.05) is 6.54 Å². The number of morpholine rings is 1. The predicted octanol–water partition coefficient (Wildman–Crippen LogP) is 0.393. The van der Waals surface area contributed by atoms with Gasteiger partial charge in [0.1, 0.15) is 5.69 Å². The predicted molar refractivity (Wildman–Crippen MR) is 73.2 cm³/mol. The molecular weight excluding hydrogens is 278 g/mol. The van der Waals surface area contributed by atoms with Crippen molar-refractivity contribution >= 4 is 17.7 Å². The number of carbonyl (C=O) groups is 2. The van der Waals surface area contributed by atoms with Crippen molar-refractivity contribution < 1.29 is 24.5 Å². The Morgan fingerprint density at radius 2 is 2.24 bits per heavy atom. The molecule has 1 aliphatic heterocycles. The van der Waals surface area contributed by atoms with E-state index in [0.717, 1.165) is 0 Å². The molecule has 0 radical (unpaired) electrons. The summed E-state index contributed by atoms with van der Waals surface area (Å²) in [4.78, 5) is 28.1. The first kappa shape index (κ1) is 15.2. The number of amides is 2. The van der Waals surface area contributed by atoms with E-state index in [9.17, 15) is 9.59 Å². The van der Waals surface area contributed by atoms with Crippen LogP contribution in [0, 0.1) is 0 Å². The Labute approximate surface area is 121 Å². The molecule has 0 bridgehead atoms. The van der Waals surface area contributed by atoms with Gasteiger partial charge in [-0.2, -0.15) is 0 Å². The highest BCUT2D eigenvalue weighted by molar-refractivity contribution is 5.90. The number of nitrogens with one attached hydrogen (secondary N) is 1. The molecule has 0 aliphatic carbocycles. The minimum atomic E-state index is -1.12. The molecule has 1 aromatic heterocycles. The quantitative estimate of drug-likeness (QED) is 0.744. The highest BCUT2D eigenvalue weighted by Gasteiger charge is 2.28. The summed E-state index contributed by atoms with van der Waals surface area (Å²) in [6, 6.07) is 2.45. The molecule has 2 atom stereocenters. The standard InChI is InChI=1S/C13H17N3O5/c1-8-5-16(6-10(7-17)21-8)13(20)15-9-2-3-11(12(18)19)14-4-9/h2-4,8,10,17H,5-7H2,1H3,(H,15,20)(H,18,19).